The summed E-state index contributed by atoms with van der Waals surface area (Å²) in [7, 11) is 1.43. The second-order valence-corrected chi connectivity index (χ2v) is 4.35. The maximum absolute atomic E-state index is 11.7. The molecular formula is C14H17ClO5. The highest BCUT2D eigenvalue weighted by Crippen LogP contribution is 2.34. The number of carbonyl (C=O) groups is 2. The minimum absolute atomic E-state index is 0.187. The van der Waals surface area contributed by atoms with E-state index >= 15 is 0 Å². The van der Waals surface area contributed by atoms with Crippen molar-refractivity contribution in [1.29, 1.82) is 0 Å². The summed E-state index contributed by atoms with van der Waals surface area (Å²) in [5.41, 5.74) is 0.220. The standard InChI is InChI=1S/C14H17ClO5/c1-4-11(14(17)19-5-2)20-13-9(8-16)6-10(15)7-12(13)18-3/h6-8,11H,4-5H2,1-3H3. The molecule has 0 fully saturated rings. The first-order valence-corrected chi connectivity index (χ1v) is 6.61. The lowest BCUT2D eigenvalue weighted by Gasteiger charge is -2.19. The number of carbonyl (C=O) groups excluding carboxylic acids is 2. The van der Waals surface area contributed by atoms with Gasteiger partial charge in [0.05, 0.1) is 19.3 Å². The van der Waals surface area contributed by atoms with E-state index < -0.39 is 12.1 Å². The summed E-state index contributed by atoms with van der Waals surface area (Å²) in [4.78, 5) is 22.8. The Labute approximate surface area is 122 Å². The molecule has 1 aromatic rings. The number of rotatable bonds is 7. The molecule has 0 bridgehead atoms. The molecule has 0 aliphatic heterocycles. The molecule has 0 N–H and O–H groups in total. The summed E-state index contributed by atoms with van der Waals surface area (Å²) in [5, 5.41) is 0.348. The van der Waals surface area contributed by atoms with E-state index in [1.165, 1.54) is 19.2 Å². The summed E-state index contributed by atoms with van der Waals surface area (Å²) in [6.07, 6.45) is 0.202. The Morgan fingerprint density at radius 1 is 1.40 bits per heavy atom. The van der Waals surface area contributed by atoms with Crippen LogP contribution in [-0.4, -0.2) is 32.1 Å². The van der Waals surface area contributed by atoms with Crippen LogP contribution in [0, 0.1) is 0 Å². The summed E-state index contributed by atoms with van der Waals surface area (Å²) >= 11 is 5.88. The third kappa shape index (κ3) is 3.87. The summed E-state index contributed by atoms with van der Waals surface area (Å²) in [6, 6.07) is 2.96. The van der Waals surface area contributed by atoms with Gasteiger partial charge in [0, 0.05) is 11.1 Å². The maximum Gasteiger partial charge on any atom is 0.347 e. The van der Waals surface area contributed by atoms with E-state index in [-0.39, 0.29) is 17.9 Å². The third-order valence-electron chi connectivity index (χ3n) is 2.58. The van der Waals surface area contributed by atoms with Crippen LogP contribution >= 0.6 is 11.6 Å². The van der Waals surface area contributed by atoms with Crippen molar-refractivity contribution in [2.75, 3.05) is 13.7 Å². The zero-order valence-corrected chi connectivity index (χ0v) is 12.4. The Kier molecular flexibility index (Phi) is 6.31. The second kappa shape index (κ2) is 7.75. The van der Waals surface area contributed by atoms with Crippen LogP contribution in [0.4, 0.5) is 0 Å². The maximum atomic E-state index is 11.7. The molecule has 0 spiro atoms. The molecule has 1 rings (SSSR count). The zero-order valence-electron chi connectivity index (χ0n) is 11.6. The van der Waals surface area contributed by atoms with Crippen molar-refractivity contribution in [3.05, 3.63) is 22.7 Å². The highest BCUT2D eigenvalue weighted by molar-refractivity contribution is 6.31. The molecule has 110 valence electrons. The van der Waals surface area contributed by atoms with E-state index in [4.69, 9.17) is 25.8 Å². The largest absolute Gasteiger partial charge is 0.493 e. The van der Waals surface area contributed by atoms with Gasteiger partial charge in [0.2, 0.25) is 0 Å². The van der Waals surface area contributed by atoms with Gasteiger partial charge < -0.3 is 14.2 Å². The predicted octanol–water partition coefficient (Wildman–Crippen LogP) is 2.88. The lowest BCUT2D eigenvalue weighted by atomic mass is 10.2. The molecule has 5 nitrogen and oxygen atoms in total. The topological polar surface area (TPSA) is 61.8 Å². The van der Waals surface area contributed by atoms with Crippen LogP contribution in [0.3, 0.4) is 0 Å². The molecule has 20 heavy (non-hydrogen) atoms. The lowest BCUT2D eigenvalue weighted by Crippen LogP contribution is -2.29. The molecule has 1 atom stereocenters. The Bertz CT molecular complexity index is 487. The Hall–Kier alpha value is -1.75. The van der Waals surface area contributed by atoms with Crippen molar-refractivity contribution in [3.8, 4) is 11.5 Å². The van der Waals surface area contributed by atoms with Crippen LogP contribution in [0.2, 0.25) is 5.02 Å². The Morgan fingerprint density at radius 3 is 2.60 bits per heavy atom. The van der Waals surface area contributed by atoms with E-state index in [1.54, 1.807) is 13.8 Å². The first-order chi connectivity index (χ1) is 9.57. The lowest BCUT2D eigenvalue weighted by molar-refractivity contribution is -0.151. The van der Waals surface area contributed by atoms with Gasteiger partial charge >= 0.3 is 5.97 Å². The molecular weight excluding hydrogens is 284 g/mol. The van der Waals surface area contributed by atoms with E-state index in [1.807, 2.05) is 0 Å². The quantitative estimate of drug-likeness (QED) is 0.572. The van der Waals surface area contributed by atoms with Crippen LogP contribution in [-0.2, 0) is 9.53 Å². The Balaban J connectivity index is 3.11. The van der Waals surface area contributed by atoms with Gasteiger partial charge in [0.15, 0.2) is 23.9 Å². The van der Waals surface area contributed by atoms with Crippen LogP contribution in [0.15, 0.2) is 12.1 Å². The van der Waals surface area contributed by atoms with Crippen molar-refractivity contribution in [2.45, 2.75) is 26.4 Å². The van der Waals surface area contributed by atoms with Crippen molar-refractivity contribution in [1.82, 2.24) is 0 Å². The summed E-state index contributed by atoms with van der Waals surface area (Å²) in [5.74, 6) is -0.00185. The molecule has 0 aliphatic carbocycles. The smallest absolute Gasteiger partial charge is 0.347 e. The SMILES string of the molecule is CCOC(=O)C(CC)Oc1c(C=O)cc(Cl)cc1OC. The van der Waals surface area contributed by atoms with Crippen LogP contribution in [0.5, 0.6) is 11.5 Å². The molecule has 0 saturated carbocycles. The van der Waals surface area contributed by atoms with Crippen molar-refractivity contribution in [2.24, 2.45) is 0 Å². The summed E-state index contributed by atoms with van der Waals surface area (Å²) < 4.78 is 15.6. The zero-order chi connectivity index (χ0) is 15.1. The van der Waals surface area contributed by atoms with Gasteiger partial charge in [-0.2, -0.15) is 0 Å². The van der Waals surface area contributed by atoms with Gasteiger partial charge in [-0.3, -0.25) is 4.79 Å². The van der Waals surface area contributed by atoms with Crippen molar-refractivity contribution < 1.29 is 23.8 Å². The van der Waals surface area contributed by atoms with Crippen molar-refractivity contribution in [3.63, 3.8) is 0 Å². The fourth-order valence-electron chi connectivity index (χ4n) is 1.63. The minimum Gasteiger partial charge on any atom is -0.493 e. The number of benzene rings is 1. The molecule has 0 saturated heterocycles. The molecule has 1 unspecified atom stereocenters. The van der Waals surface area contributed by atoms with Gasteiger partial charge in [-0.15, -0.1) is 0 Å². The number of hydrogen-bond donors (Lipinski definition) is 0. The van der Waals surface area contributed by atoms with Gasteiger partial charge in [0.25, 0.3) is 0 Å². The first kappa shape index (κ1) is 16.3. The van der Waals surface area contributed by atoms with E-state index in [9.17, 15) is 9.59 Å². The molecule has 6 heteroatoms. The first-order valence-electron chi connectivity index (χ1n) is 6.23. The molecule has 0 heterocycles. The fraction of sp³-hybridized carbons (Fsp3) is 0.429. The molecule has 0 amide bonds. The molecule has 0 radical (unpaired) electrons. The monoisotopic (exact) mass is 300 g/mol. The highest BCUT2D eigenvalue weighted by Gasteiger charge is 2.23. The van der Waals surface area contributed by atoms with E-state index in [0.717, 1.165) is 0 Å². The van der Waals surface area contributed by atoms with Gasteiger partial charge in [-0.1, -0.05) is 18.5 Å². The van der Waals surface area contributed by atoms with E-state index in [0.29, 0.717) is 23.5 Å². The van der Waals surface area contributed by atoms with Crippen LogP contribution < -0.4 is 9.47 Å². The van der Waals surface area contributed by atoms with Gasteiger partial charge in [0.1, 0.15) is 0 Å². The molecule has 0 aromatic heterocycles. The van der Waals surface area contributed by atoms with Crippen molar-refractivity contribution >= 4 is 23.9 Å². The number of ether oxygens (including phenoxy) is 3. The van der Waals surface area contributed by atoms with Crippen LogP contribution in [0.25, 0.3) is 0 Å². The Morgan fingerprint density at radius 2 is 2.10 bits per heavy atom. The van der Waals surface area contributed by atoms with Crippen LogP contribution in [0.1, 0.15) is 30.6 Å². The number of halogens is 1. The number of esters is 1. The highest BCUT2D eigenvalue weighted by atomic mass is 35.5. The average Bonchev–Trinajstić information content (AvgIpc) is 2.45. The molecule has 0 aliphatic rings. The average molecular weight is 301 g/mol. The number of aldehydes is 1. The third-order valence-corrected chi connectivity index (χ3v) is 2.79. The molecule has 1 aromatic carbocycles. The fourth-order valence-corrected chi connectivity index (χ4v) is 1.85. The van der Waals surface area contributed by atoms with E-state index in [2.05, 4.69) is 0 Å². The van der Waals surface area contributed by atoms with Gasteiger partial charge in [-0.25, -0.2) is 4.79 Å². The summed E-state index contributed by atoms with van der Waals surface area (Å²) in [6.45, 7) is 3.76. The predicted molar refractivity (Wildman–Crippen MR) is 74.7 cm³/mol. The van der Waals surface area contributed by atoms with Gasteiger partial charge in [-0.05, 0) is 19.4 Å². The number of hydrogen-bond acceptors (Lipinski definition) is 5. The normalized spacial score (nSPS) is 11.6. The second-order valence-electron chi connectivity index (χ2n) is 3.91. The number of methoxy groups -OCH3 is 1. The minimum atomic E-state index is -0.802.